The fourth-order valence-electron chi connectivity index (χ4n) is 2.37. The normalized spacial score (nSPS) is 16.5. The summed E-state index contributed by atoms with van der Waals surface area (Å²) in [6, 6.07) is 0. The quantitative estimate of drug-likeness (QED) is 0.654. The molecule has 2 heterocycles. The number of likely N-dealkylation sites (tertiary alicyclic amines) is 1. The topological polar surface area (TPSA) is 94.6 Å². The minimum atomic E-state index is -0.276. The molecule has 0 spiro atoms. The molecular weight excluding hydrogens is 304 g/mol. The van der Waals surface area contributed by atoms with Gasteiger partial charge in [0.2, 0.25) is 5.91 Å². The molecule has 1 fully saturated rings. The zero-order valence-corrected chi connectivity index (χ0v) is 13.5. The van der Waals surface area contributed by atoms with Gasteiger partial charge in [0.15, 0.2) is 0 Å². The molecule has 22 heavy (non-hydrogen) atoms. The van der Waals surface area contributed by atoms with E-state index in [4.69, 9.17) is 5.11 Å². The highest BCUT2D eigenvalue weighted by Crippen LogP contribution is 2.15. The van der Waals surface area contributed by atoms with Gasteiger partial charge in [0, 0.05) is 17.7 Å². The Bertz CT molecular complexity index is 512. The number of nitrogens with one attached hydrogen (secondary N) is 2. The van der Waals surface area contributed by atoms with Crippen LogP contribution in [0.3, 0.4) is 0 Å². The largest absolute Gasteiger partial charge is 0.396 e. The molecule has 0 saturated carbocycles. The molecule has 1 aliphatic heterocycles. The van der Waals surface area contributed by atoms with Gasteiger partial charge in [-0.25, -0.2) is 4.98 Å². The number of rotatable bonds is 5. The van der Waals surface area contributed by atoms with E-state index >= 15 is 0 Å². The molecule has 0 radical (unpaired) electrons. The van der Waals surface area contributed by atoms with Crippen LogP contribution in [0.1, 0.15) is 23.5 Å². The molecule has 0 bridgehead atoms. The summed E-state index contributed by atoms with van der Waals surface area (Å²) >= 11 is 1.43. The molecule has 8 heteroatoms. The highest BCUT2D eigenvalue weighted by molar-refractivity contribution is 7.09. The molecule has 0 atom stereocenters. The Labute approximate surface area is 133 Å². The van der Waals surface area contributed by atoms with Crippen molar-refractivity contribution in [2.75, 3.05) is 26.2 Å². The van der Waals surface area contributed by atoms with Crippen LogP contribution >= 0.6 is 11.3 Å². The third-order valence-corrected chi connectivity index (χ3v) is 4.62. The van der Waals surface area contributed by atoms with E-state index in [-0.39, 0.29) is 31.4 Å². The van der Waals surface area contributed by atoms with Crippen molar-refractivity contribution in [2.45, 2.75) is 26.2 Å². The first-order chi connectivity index (χ1) is 10.6. The Hall–Kier alpha value is -1.51. The number of aromatic nitrogens is 1. The van der Waals surface area contributed by atoms with E-state index in [1.165, 1.54) is 11.3 Å². The van der Waals surface area contributed by atoms with Crippen molar-refractivity contribution < 1.29 is 14.7 Å². The summed E-state index contributed by atoms with van der Waals surface area (Å²) in [5.74, 6) is -0.159. The Balaban J connectivity index is 1.64. The first-order valence-corrected chi connectivity index (χ1v) is 8.26. The predicted molar refractivity (Wildman–Crippen MR) is 83.1 cm³/mol. The number of nitrogens with zero attached hydrogens (tertiary/aromatic N) is 2. The number of aryl methyl sites for hydroxylation is 1. The average Bonchev–Trinajstić information content (AvgIpc) is 2.91. The van der Waals surface area contributed by atoms with Gasteiger partial charge in [-0.2, -0.15) is 0 Å². The van der Waals surface area contributed by atoms with Crippen molar-refractivity contribution >= 4 is 23.2 Å². The lowest BCUT2D eigenvalue weighted by molar-refractivity contribution is -0.129. The summed E-state index contributed by atoms with van der Waals surface area (Å²) in [5.41, 5.74) is 5.73. The van der Waals surface area contributed by atoms with Gasteiger partial charge in [-0.05, 0) is 38.8 Å². The Morgan fingerprint density at radius 1 is 1.36 bits per heavy atom. The minimum absolute atomic E-state index is 0.167. The van der Waals surface area contributed by atoms with E-state index in [0.29, 0.717) is 5.92 Å². The monoisotopic (exact) mass is 326 g/mol. The molecular formula is C14H22N4O3S. The highest BCUT2D eigenvalue weighted by Gasteiger charge is 2.20. The fourth-order valence-corrected chi connectivity index (χ4v) is 3.15. The number of hydrogen-bond acceptors (Lipinski definition) is 6. The first-order valence-electron chi connectivity index (χ1n) is 7.38. The second-order valence-corrected chi connectivity index (χ2v) is 6.50. The van der Waals surface area contributed by atoms with Gasteiger partial charge >= 0.3 is 0 Å². The summed E-state index contributed by atoms with van der Waals surface area (Å²) in [6.07, 6.45) is 1.97. The Morgan fingerprint density at radius 3 is 2.64 bits per heavy atom. The lowest BCUT2D eigenvalue weighted by Crippen LogP contribution is -2.48. The number of amides is 2. The van der Waals surface area contributed by atoms with E-state index in [1.807, 2.05) is 17.2 Å². The van der Waals surface area contributed by atoms with E-state index in [0.717, 1.165) is 36.6 Å². The summed E-state index contributed by atoms with van der Waals surface area (Å²) in [5, 5.41) is 11.7. The van der Waals surface area contributed by atoms with E-state index in [9.17, 15) is 9.59 Å². The molecule has 1 aliphatic rings. The third-order valence-electron chi connectivity index (χ3n) is 3.65. The maximum Gasteiger partial charge on any atom is 0.252 e. The number of carbonyl (C=O) groups is 2. The van der Waals surface area contributed by atoms with Crippen LogP contribution in [0.4, 0.5) is 0 Å². The maximum atomic E-state index is 11.8. The molecule has 0 aromatic carbocycles. The molecule has 2 rings (SSSR count). The number of hydrazine groups is 1. The summed E-state index contributed by atoms with van der Waals surface area (Å²) in [4.78, 5) is 29.7. The van der Waals surface area contributed by atoms with Gasteiger partial charge in [0.1, 0.15) is 5.01 Å². The molecule has 1 saturated heterocycles. The van der Waals surface area contributed by atoms with Crippen molar-refractivity contribution in [1.82, 2.24) is 20.7 Å². The van der Waals surface area contributed by atoms with Crippen LogP contribution < -0.4 is 10.9 Å². The van der Waals surface area contributed by atoms with Crippen molar-refractivity contribution in [3.63, 3.8) is 0 Å². The lowest BCUT2D eigenvalue weighted by atomic mass is 9.98. The van der Waals surface area contributed by atoms with E-state index in [2.05, 4.69) is 15.8 Å². The predicted octanol–water partition coefficient (Wildman–Crippen LogP) is -0.154. The van der Waals surface area contributed by atoms with Crippen molar-refractivity contribution in [1.29, 1.82) is 0 Å². The molecule has 7 nitrogen and oxygen atoms in total. The van der Waals surface area contributed by atoms with Crippen LogP contribution in [-0.4, -0.2) is 53.0 Å². The maximum absolute atomic E-state index is 11.8. The molecule has 0 aliphatic carbocycles. The second-order valence-electron chi connectivity index (χ2n) is 5.56. The highest BCUT2D eigenvalue weighted by atomic mass is 32.1. The second kappa shape index (κ2) is 8.21. The van der Waals surface area contributed by atoms with Crippen LogP contribution in [0.15, 0.2) is 5.38 Å². The number of hydrogen-bond donors (Lipinski definition) is 3. The number of aliphatic hydroxyl groups excluding tert-OH is 1. The molecule has 1 aromatic rings. The van der Waals surface area contributed by atoms with Gasteiger partial charge < -0.3 is 5.11 Å². The van der Waals surface area contributed by atoms with Gasteiger partial charge in [-0.1, -0.05) is 0 Å². The van der Waals surface area contributed by atoms with Crippen LogP contribution in [0.5, 0.6) is 0 Å². The molecule has 3 N–H and O–H groups in total. The number of carbonyl (C=O) groups excluding carboxylic acids is 2. The van der Waals surface area contributed by atoms with Gasteiger partial charge in [-0.15, -0.1) is 11.3 Å². The van der Waals surface area contributed by atoms with E-state index < -0.39 is 0 Å². The SMILES string of the molecule is Cc1csc(CC(=O)NNC(=O)CN2CCC(CO)CC2)n1. The number of piperidine rings is 1. The summed E-state index contributed by atoms with van der Waals surface area (Å²) in [6.45, 7) is 3.94. The standard InChI is InChI=1S/C14H22N4O3S/c1-10-9-22-14(15-10)6-12(20)16-17-13(21)7-18-4-2-11(8-19)3-5-18/h9,11,19H,2-8H2,1H3,(H,16,20)(H,17,21). The fraction of sp³-hybridized carbons (Fsp3) is 0.643. The van der Waals surface area contributed by atoms with Crippen LogP contribution in [0.25, 0.3) is 0 Å². The van der Waals surface area contributed by atoms with Crippen LogP contribution in [-0.2, 0) is 16.0 Å². The number of aliphatic hydroxyl groups is 1. The summed E-state index contributed by atoms with van der Waals surface area (Å²) in [7, 11) is 0. The van der Waals surface area contributed by atoms with Gasteiger partial charge in [0.25, 0.3) is 5.91 Å². The Kier molecular flexibility index (Phi) is 6.29. The van der Waals surface area contributed by atoms with Crippen molar-refractivity contribution in [2.24, 2.45) is 5.92 Å². The van der Waals surface area contributed by atoms with Crippen LogP contribution in [0.2, 0.25) is 0 Å². The zero-order valence-electron chi connectivity index (χ0n) is 12.7. The zero-order chi connectivity index (χ0) is 15.9. The van der Waals surface area contributed by atoms with Crippen molar-refractivity contribution in [3.8, 4) is 0 Å². The lowest BCUT2D eigenvalue weighted by Gasteiger charge is -2.30. The molecule has 122 valence electrons. The third kappa shape index (κ3) is 5.36. The molecule has 0 unspecified atom stereocenters. The number of thiazole rings is 1. The van der Waals surface area contributed by atoms with Crippen molar-refractivity contribution in [3.05, 3.63) is 16.1 Å². The van der Waals surface area contributed by atoms with Gasteiger partial charge in [-0.3, -0.25) is 25.3 Å². The average molecular weight is 326 g/mol. The van der Waals surface area contributed by atoms with E-state index in [1.54, 1.807) is 0 Å². The first kappa shape index (κ1) is 16.9. The summed E-state index contributed by atoms with van der Waals surface area (Å²) < 4.78 is 0. The smallest absolute Gasteiger partial charge is 0.252 e. The molecule has 2 amide bonds. The Morgan fingerprint density at radius 2 is 2.05 bits per heavy atom. The van der Waals surface area contributed by atoms with Gasteiger partial charge in [0.05, 0.1) is 13.0 Å². The molecule has 1 aromatic heterocycles. The minimum Gasteiger partial charge on any atom is -0.396 e. The van der Waals surface area contributed by atoms with Crippen LogP contribution in [0, 0.1) is 12.8 Å².